The normalized spacial score (nSPS) is 25.6. The Morgan fingerprint density at radius 2 is 2.20 bits per heavy atom. The average molecular weight is 406 g/mol. The highest BCUT2D eigenvalue weighted by Gasteiger charge is 2.37. The zero-order valence-corrected chi connectivity index (χ0v) is 14.5. The van der Waals surface area contributed by atoms with Crippen molar-refractivity contribution in [2.24, 2.45) is 5.92 Å². The van der Waals surface area contributed by atoms with Crippen LogP contribution in [0.25, 0.3) is 0 Å². The van der Waals surface area contributed by atoms with Gasteiger partial charge in [-0.25, -0.2) is 0 Å². The molecule has 20 heavy (non-hydrogen) atoms. The summed E-state index contributed by atoms with van der Waals surface area (Å²) >= 11 is 7.06. The van der Waals surface area contributed by atoms with Crippen molar-refractivity contribution in [1.29, 1.82) is 0 Å². The van der Waals surface area contributed by atoms with Gasteiger partial charge in [0.25, 0.3) is 0 Å². The van der Waals surface area contributed by atoms with Gasteiger partial charge in [-0.1, -0.05) is 44.0 Å². The average Bonchev–Trinajstić information content (AvgIpc) is 2.78. The molecule has 5 heteroatoms. The fraction of sp³-hybridized carbons (Fsp3) is 0.533. The van der Waals surface area contributed by atoms with Gasteiger partial charge in [0, 0.05) is 9.30 Å². The van der Waals surface area contributed by atoms with Gasteiger partial charge in [0.05, 0.1) is 25.2 Å². The zero-order chi connectivity index (χ0) is 14.5. The smallest absolute Gasteiger partial charge is 0.309 e. The van der Waals surface area contributed by atoms with E-state index in [9.17, 15) is 4.79 Å². The van der Waals surface area contributed by atoms with Crippen LogP contribution < -0.4 is 0 Å². The van der Waals surface area contributed by atoms with E-state index in [1.807, 2.05) is 31.2 Å². The van der Waals surface area contributed by atoms with Crippen LogP contribution in [0, 0.1) is 5.92 Å². The fourth-order valence-corrected chi connectivity index (χ4v) is 3.67. The summed E-state index contributed by atoms with van der Waals surface area (Å²) in [7, 11) is 0. The molecule has 1 saturated carbocycles. The van der Waals surface area contributed by atoms with E-state index in [-0.39, 0.29) is 22.8 Å². The van der Waals surface area contributed by atoms with E-state index in [1.165, 1.54) is 0 Å². The maximum atomic E-state index is 11.8. The first-order valence-electron chi connectivity index (χ1n) is 6.77. The number of hydrogen-bond acceptors (Lipinski definition) is 3. The molecule has 0 bridgehead atoms. The molecule has 0 radical (unpaired) electrons. The molecule has 0 amide bonds. The van der Waals surface area contributed by atoms with E-state index in [1.54, 1.807) is 0 Å². The van der Waals surface area contributed by atoms with E-state index in [0.29, 0.717) is 13.2 Å². The summed E-state index contributed by atoms with van der Waals surface area (Å²) in [5, 5.41) is 0. The molecule has 1 fully saturated rings. The maximum absolute atomic E-state index is 11.8. The summed E-state index contributed by atoms with van der Waals surface area (Å²) in [6, 6.07) is 8.06. The van der Waals surface area contributed by atoms with Crippen molar-refractivity contribution in [3.63, 3.8) is 0 Å². The van der Waals surface area contributed by atoms with Crippen LogP contribution in [0.15, 0.2) is 28.7 Å². The molecule has 3 atom stereocenters. The third-order valence-corrected chi connectivity index (χ3v) is 4.86. The minimum atomic E-state index is -0.106. The molecule has 1 aliphatic rings. The zero-order valence-electron chi connectivity index (χ0n) is 11.4. The highest BCUT2D eigenvalue weighted by atomic mass is 79.9. The second-order valence-corrected chi connectivity index (χ2v) is 7.01. The van der Waals surface area contributed by atoms with Gasteiger partial charge in [0.15, 0.2) is 0 Å². The summed E-state index contributed by atoms with van der Waals surface area (Å²) in [6.07, 6.45) is 1.56. The molecule has 0 aliphatic heterocycles. The summed E-state index contributed by atoms with van der Waals surface area (Å²) in [6.45, 7) is 2.83. The van der Waals surface area contributed by atoms with Crippen molar-refractivity contribution in [2.45, 2.75) is 37.3 Å². The number of esters is 1. The molecule has 0 spiro atoms. The van der Waals surface area contributed by atoms with E-state index in [2.05, 4.69) is 31.9 Å². The third kappa shape index (κ3) is 4.30. The van der Waals surface area contributed by atoms with Crippen molar-refractivity contribution >= 4 is 37.8 Å². The molecule has 0 saturated heterocycles. The molecule has 0 N–H and O–H groups in total. The number of hydrogen-bond donors (Lipinski definition) is 0. The van der Waals surface area contributed by atoms with Crippen LogP contribution in [0.5, 0.6) is 0 Å². The molecule has 1 aromatic rings. The van der Waals surface area contributed by atoms with Gasteiger partial charge >= 0.3 is 5.97 Å². The summed E-state index contributed by atoms with van der Waals surface area (Å²) in [5.74, 6) is -0.155. The van der Waals surface area contributed by atoms with E-state index in [4.69, 9.17) is 9.47 Å². The van der Waals surface area contributed by atoms with Gasteiger partial charge in [0.2, 0.25) is 0 Å². The minimum Gasteiger partial charge on any atom is -0.466 e. The Bertz CT molecular complexity index is 464. The lowest BCUT2D eigenvalue weighted by atomic mass is 10.1. The number of benzene rings is 1. The molecule has 110 valence electrons. The second kappa shape index (κ2) is 7.57. The molecule has 1 aliphatic carbocycles. The minimum absolute atomic E-state index is 0.0492. The van der Waals surface area contributed by atoms with Gasteiger partial charge in [-0.3, -0.25) is 4.79 Å². The van der Waals surface area contributed by atoms with Crippen LogP contribution in [-0.4, -0.2) is 23.5 Å². The Balaban J connectivity index is 1.86. The molecule has 0 aromatic heterocycles. The number of rotatable bonds is 5. The summed E-state index contributed by atoms with van der Waals surface area (Å²) in [4.78, 5) is 12.0. The fourth-order valence-electron chi connectivity index (χ4n) is 2.40. The number of ether oxygens (including phenoxy) is 2. The second-order valence-electron chi connectivity index (χ2n) is 4.92. The number of halogens is 2. The molecule has 3 unspecified atom stereocenters. The Kier molecular flexibility index (Phi) is 6.05. The van der Waals surface area contributed by atoms with Crippen LogP contribution in [-0.2, 0) is 20.9 Å². The van der Waals surface area contributed by atoms with Crippen molar-refractivity contribution in [2.75, 3.05) is 6.61 Å². The van der Waals surface area contributed by atoms with Crippen molar-refractivity contribution in [3.05, 3.63) is 34.3 Å². The van der Waals surface area contributed by atoms with Gasteiger partial charge in [-0.2, -0.15) is 0 Å². The topological polar surface area (TPSA) is 35.5 Å². The predicted octanol–water partition coefficient (Wildman–Crippen LogP) is 4.07. The van der Waals surface area contributed by atoms with Gasteiger partial charge in [-0.05, 0) is 37.5 Å². The first-order chi connectivity index (χ1) is 9.60. The van der Waals surface area contributed by atoms with E-state index >= 15 is 0 Å². The van der Waals surface area contributed by atoms with Crippen LogP contribution in [0.1, 0.15) is 25.3 Å². The lowest BCUT2D eigenvalue weighted by Crippen LogP contribution is -2.18. The van der Waals surface area contributed by atoms with Crippen LogP contribution in [0.4, 0.5) is 0 Å². The first kappa shape index (κ1) is 16.0. The summed E-state index contributed by atoms with van der Waals surface area (Å²) in [5.41, 5.74) is 1.12. The quantitative estimate of drug-likeness (QED) is 0.547. The van der Waals surface area contributed by atoms with Crippen LogP contribution in [0.3, 0.4) is 0 Å². The standard InChI is InChI=1S/C15H18Br2O3/c1-2-19-15(18)11-7-13(17)14(8-11)20-9-10-4-3-5-12(16)6-10/h3-6,11,13-14H,2,7-9H2,1H3. The highest BCUT2D eigenvalue weighted by Crippen LogP contribution is 2.34. The molecule has 2 rings (SSSR count). The molecule has 0 heterocycles. The SMILES string of the molecule is CCOC(=O)C1CC(Br)C(OCc2cccc(Br)c2)C1. The summed E-state index contributed by atoms with van der Waals surface area (Å²) < 4.78 is 12.1. The van der Waals surface area contributed by atoms with Gasteiger partial charge in [-0.15, -0.1) is 0 Å². The lowest BCUT2D eigenvalue weighted by Gasteiger charge is -2.15. The van der Waals surface area contributed by atoms with Crippen molar-refractivity contribution < 1.29 is 14.3 Å². The Morgan fingerprint density at radius 1 is 1.40 bits per heavy atom. The Morgan fingerprint density at radius 3 is 2.90 bits per heavy atom. The number of carbonyl (C=O) groups is 1. The van der Waals surface area contributed by atoms with Crippen molar-refractivity contribution in [3.8, 4) is 0 Å². The maximum Gasteiger partial charge on any atom is 0.309 e. The van der Waals surface area contributed by atoms with E-state index < -0.39 is 0 Å². The molecular weight excluding hydrogens is 388 g/mol. The predicted molar refractivity (Wildman–Crippen MR) is 84.8 cm³/mol. The molecule has 1 aromatic carbocycles. The monoisotopic (exact) mass is 404 g/mol. The Labute approximate surface area is 136 Å². The first-order valence-corrected chi connectivity index (χ1v) is 8.47. The van der Waals surface area contributed by atoms with Gasteiger partial charge < -0.3 is 9.47 Å². The number of alkyl halides is 1. The van der Waals surface area contributed by atoms with Crippen LogP contribution >= 0.6 is 31.9 Å². The largest absolute Gasteiger partial charge is 0.466 e. The highest BCUT2D eigenvalue weighted by molar-refractivity contribution is 9.10. The van der Waals surface area contributed by atoms with Crippen LogP contribution in [0.2, 0.25) is 0 Å². The third-order valence-electron chi connectivity index (χ3n) is 3.40. The Hall–Kier alpha value is -0.390. The molecular formula is C15H18Br2O3. The van der Waals surface area contributed by atoms with Gasteiger partial charge in [0.1, 0.15) is 0 Å². The molecule has 3 nitrogen and oxygen atoms in total. The van der Waals surface area contributed by atoms with Crippen molar-refractivity contribution in [1.82, 2.24) is 0 Å². The van der Waals surface area contributed by atoms with E-state index in [0.717, 1.165) is 22.9 Å². The number of carbonyl (C=O) groups excluding carboxylic acids is 1. The lowest BCUT2D eigenvalue weighted by molar-refractivity contribution is -0.148.